The maximum absolute atomic E-state index is 11.5. The molecule has 0 aromatic carbocycles. The molecule has 0 unspecified atom stereocenters. The highest BCUT2D eigenvalue weighted by atomic mass is 16.2. The fourth-order valence-electron chi connectivity index (χ4n) is 1.28. The Kier molecular flexibility index (Phi) is 3.57. The number of aryl methyl sites for hydroxylation is 1. The fourth-order valence-corrected chi connectivity index (χ4v) is 1.28. The second-order valence-corrected chi connectivity index (χ2v) is 4.94. The van der Waals surface area contributed by atoms with Crippen LogP contribution in [-0.2, 0) is 13.6 Å². The Balaban J connectivity index is 2.47. The van der Waals surface area contributed by atoms with Crippen LogP contribution in [0.5, 0.6) is 0 Å². The van der Waals surface area contributed by atoms with E-state index in [1.807, 2.05) is 34.7 Å². The van der Waals surface area contributed by atoms with Crippen LogP contribution in [-0.4, -0.2) is 21.4 Å². The van der Waals surface area contributed by atoms with Crippen LogP contribution in [0.15, 0.2) is 6.20 Å². The normalized spacial score (nSPS) is 11.3. The molecule has 0 aliphatic carbocycles. The summed E-state index contributed by atoms with van der Waals surface area (Å²) in [5, 5.41) is 9.76. The van der Waals surface area contributed by atoms with Crippen LogP contribution in [0.3, 0.4) is 0 Å². The predicted molar refractivity (Wildman–Crippen MR) is 63.1 cm³/mol. The molecular weight excluding hydrogens is 204 g/mol. The molecular formula is C11H20N4O. The van der Waals surface area contributed by atoms with Crippen LogP contribution < -0.4 is 10.6 Å². The monoisotopic (exact) mass is 224 g/mol. The number of hydrogen-bond acceptors (Lipinski definition) is 2. The Morgan fingerprint density at radius 2 is 2.12 bits per heavy atom. The molecule has 1 aromatic rings. The van der Waals surface area contributed by atoms with E-state index in [0.29, 0.717) is 6.54 Å². The Labute approximate surface area is 96.2 Å². The quantitative estimate of drug-likeness (QED) is 0.796. The zero-order valence-corrected chi connectivity index (χ0v) is 10.6. The van der Waals surface area contributed by atoms with Gasteiger partial charge in [-0.1, -0.05) is 0 Å². The van der Waals surface area contributed by atoms with E-state index < -0.39 is 0 Å². The summed E-state index contributed by atoms with van der Waals surface area (Å²) in [4.78, 5) is 11.5. The van der Waals surface area contributed by atoms with Crippen molar-refractivity contribution in [2.24, 2.45) is 7.05 Å². The fraction of sp³-hybridized carbons (Fsp3) is 0.636. The SMILES string of the molecule is Cc1c(CNC(=O)NC(C)(C)C)cnn1C. The maximum atomic E-state index is 11.5. The lowest BCUT2D eigenvalue weighted by Crippen LogP contribution is -2.46. The largest absolute Gasteiger partial charge is 0.334 e. The predicted octanol–water partition coefficient (Wildman–Crippen LogP) is 1.33. The van der Waals surface area contributed by atoms with Crippen molar-refractivity contribution in [2.45, 2.75) is 39.8 Å². The summed E-state index contributed by atoms with van der Waals surface area (Å²) in [7, 11) is 1.88. The van der Waals surface area contributed by atoms with Gasteiger partial charge in [-0.3, -0.25) is 4.68 Å². The van der Waals surface area contributed by atoms with Gasteiger partial charge in [0.25, 0.3) is 0 Å². The van der Waals surface area contributed by atoms with Gasteiger partial charge >= 0.3 is 6.03 Å². The van der Waals surface area contributed by atoms with Crippen molar-refractivity contribution in [1.82, 2.24) is 20.4 Å². The summed E-state index contributed by atoms with van der Waals surface area (Å²) >= 11 is 0. The van der Waals surface area contributed by atoms with E-state index in [-0.39, 0.29) is 11.6 Å². The molecule has 0 saturated heterocycles. The molecule has 16 heavy (non-hydrogen) atoms. The van der Waals surface area contributed by atoms with Gasteiger partial charge in [-0.05, 0) is 27.7 Å². The summed E-state index contributed by atoms with van der Waals surface area (Å²) in [6.45, 7) is 8.32. The van der Waals surface area contributed by atoms with Crippen LogP contribution in [0.4, 0.5) is 4.79 Å². The summed E-state index contributed by atoms with van der Waals surface area (Å²) in [6.07, 6.45) is 1.77. The van der Waals surface area contributed by atoms with Gasteiger partial charge in [-0.25, -0.2) is 4.79 Å². The molecule has 1 heterocycles. The van der Waals surface area contributed by atoms with E-state index in [0.717, 1.165) is 11.3 Å². The van der Waals surface area contributed by atoms with Gasteiger partial charge in [-0.2, -0.15) is 5.10 Å². The van der Waals surface area contributed by atoms with Crippen molar-refractivity contribution < 1.29 is 4.79 Å². The van der Waals surface area contributed by atoms with Crippen molar-refractivity contribution >= 4 is 6.03 Å². The lowest BCUT2D eigenvalue weighted by molar-refractivity contribution is 0.231. The average molecular weight is 224 g/mol. The van der Waals surface area contributed by atoms with E-state index in [9.17, 15) is 4.79 Å². The Morgan fingerprint density at radius 1 is 1.50 bits per heavy atom. The molecule has 2 N–H and O–H groups in total. The summed E-state index contributed by atoms with van der Waals surface area (Å²) < 4.78 is 1.79. The van der Waals surface area contributed by atoms with Crippen LogP contribution in [0.1, 0.15) is 32.0 Å². The molecule has 0 aliphatic rings. The van der Waals surface area contributed by atoms with Crippen molar-refractivity contribution in [3.05, 3.63) is 17.5 Å². The number of nitrogens with one attached hydrogen (secondary N) is 2. The lowest BCUT2D eigenvalue weighted by atomic mass is 10.1. The van der Waals surface area contributed by atoms with E-state index in [1.54, 1.807) is 10.9 Å². The lowest BCUT2D eigenvalue weighted by Gasteiger charge is -2.20. The molecule has 0 fully saturated rings. The smallest absolute Gasteiger partial charge is 0.315 e. The van der Waals surface area contributed by atoms with Gasteiger partial charge in [0.1, 0.15) is 0 Å². The number of nitrogens with zero attached hydrogens (tertiary/aromatic N) is 2. The summed E-state index contributed by atoms with van der Waals surface area (Å²) in [6, 6.07) is -0.157. The van der Waals surface area contributed by atoms with Gasteiger partial charge in [-0.15, -0.1) is 0 Å². The van der Waals surface area contributed by atoms with Gasteiger partial charge in [0.15, 0.2) is 0 Å². The minimum Gasteiger partial charge on any atom is -0.334 e. The Hall–Kier alpha value is -1.52. The van der Waals surface area contributed by atoms with Gasteiger partial charge < -0.3 is 10.6 Å². The van der Waals surface area contributed by atoms with Gasteiger partial charge in [0, 0.05) is 30.4 Å². The molecule has 0 saturated carbocycles. The average Bonchev–Trinajstić information content (AvgIpc) is 2.42. The molecule has 5 heteroatoms. The zero-order chi connectivity index (χ0) is 12.3. The first-order valence-corrected chi connectivity index (χ1v) is 5.33. The molecule has 2 amide bonds. The number of hydrogen-bond donors (Lipinski definition) is 2. The number of urea groups is 1. The zero-order valence-electron chi connectivity index (χ0n) is 10.6. The molecule has 0 aliphatic heterocycles. The third kappa shape index (κ3) is 3.56. The molecule has 5 nitrogen and oxygen atoms in total. The molecule has 0 bridgehead atoms. The second-order valence-electron chi connectivity index (χ2n) is 4.94. The first-order chi connectivity index (χ1) is 7.29. The minimum absolute atomic E-state index is 0.157. The van der Waals surface area contributed by atoms with E-state index >= 15 is 0 Å². The third-order valence-electron chi connectivity index (χ3n) is 2.26. The Morgan fingerprint density at radius 3 is 2.56 bits per heavy atom. The standard InChI is InChI=1S/C11H20N4O/c1-8-9(7-13-15(8)5)6-12-10(16)14-11(2,3)4/h7H,6H2,1-5H3,(H2,12,14,16). The summed E-state index contributed by atoms with van der Waals surface area (Å²) in [5.74, 6) is 0. The third-order valence-corrected chi connectivity index (χ3v) is 2.26. The van der Waals surface area contributed by atoms with E-state index in [1.165, 1.54) is 0 Å². The topological polar surface area (TPSA) is 59.0 Å². The second kappa shape index (κ2) is 4.55. The number of aromatic nitrogens is 2. The highest BCUT2D eigenvalue weighted by molar-refractivity contribution is 5.74. The van der Waals surface area contributed by atoms with Crippen LogP contribution in [0.25, 0.3) is 0 Å². The highest BCUT2D eigenvalue weighted by Gasteiger charge is 2.13. The summed E-state index contributed by atoms with van der Waals surface area (Å²) in [5.41, 5.74) is 1.89. The molecule has 0 atom stereocenters. The van der Waals surface area contributed by atoms with Gasteiger partial charge in [0.05, 0.1) is 6.20 Å². The van der Waals surface area contributed by atoms with Crippen LogP contribution in [0.2, 0.25) is 0 Å². The first kappa shape index (κ1) is 12.5. The van der Waals surface area contributed by atoms with Crippen molar-refractivity contribution in [1.29, 1.82) is 0 Å². The van der Waals surface area contributed by atoms with Gasteiger partial charge in [0.2, 0.25) is 0 Å². The molecule has 1 rings (SSSR count). The molecule has 0 spiro atoms. The number of rotatable bonds is 2. The molecule has 1 aromatic heterocycles. The van der Waals surface area contributed by atoms with Crippen molar-refractivity contribution in [2.75, 3.05) is 0 Å². The van der Waals surface area contributed by atoms with Crippen LogP contribution in [0, 0.1) is 6.92 Å². The number of carbonyl (C=O) groups is 1. The van der Waals surface area contributed by atoms with Crippen molar-refractivity contribution in [3.8, 4) is 0 Å². The highest BCUT2D eigenvalue weighted by Crippen LogP contribution is 2.04. The first-order valence-electron chi connectivity index (χ1n) is 5.33. The van der Waals surface area contributed by atoms with E-state index in [2.05, 4.69) is 15.7 Å². The van der Waals surface area contributed by atoms with E-state index in [4.69, 9.17) is 0 Å². The Bertz CT molecular complexity index is 376. The number of amides is 2. The maximum Gasteiger partial charge on any atom is 0.315 e. The minimum atomic E-state index is -0.214. The number of carbonyl (C=O) groups excluding carboxylic acids is 1. The van der Waals surface area contributed by atoms with Crippen LogP contribution >= 0.6 is 0 Å². The van der Waals surface area contributed by atoms with Crippen molar-refractivity contribution in [3.63, 3.8) is 0 Å². The molecule has 0 radical (unpaired) electrons. The molecule has 90 valence electrons.